The van der Waals surface area contributed by atoms with Crippen LogP contribution in [-0.2, 0) is 9.59 Å². The summed E-state index contributed by atoms with van der Waals surface area (Å²) in [5.41, 5.74) is -0.837. The molecule has 0 saturated carbocycles. The molecule has 0 spiro atoms. The standard InChI is InChI=1S/C19H14N2O8/c1-9(22)15-16(10-2-4-11(5-3-10)21(28)29)20(18(25)17(15)24)12-6-7-14(23)13(8-12)19(26)27/h2-8,16,23-24H,1H3,(H,26,27)/p-1. The maximum atomic E-state index is 12.6. The Bertz CT molecular complexity index is 1090. The van der Waals surface area contributed by atoms with E-state index in [-0.39, 0.29) is 22.5 Å². The SMILES string of the molecule is CC(=O)C1=C([O-])C(=O)N(c2ccc(O)c(C(=O)O)c2)C1c1ccc([N+](=O)[O-])cc1. The number of aromatic hydroxyl groups is 1. The number of hydrogen-bond acceptors (Lipinski definition) is 7. The van der Waals surface area contributed by atoms with Gasteiger partial charge in [-0.2, -0.15) is 0 Å². The molecule has 10 nitrogen and oxygen atoms in total. The number of carbonyl (C=O) groups excluding carboxylic acids is 2. The average molecular weight is 397 g/mol. The number of benzene rings is 2. The first-order valence-electron chi connectivity index (χ1n) is 8.19. The number of nitro benzene ring substituents is 1. The zero-order valence-corrected chi connectivity index (χ0v) is 14.9. The van der Waals surface area contributed by atoms with Crippen molar-refractivity contribution < 1.29 is 34.6 Å². The lowest BCUT2D eigenvalue weighted by molar-refractivity contribution is -0.384. The van der Waals surface area contributed by atoms with Crippen molar-refractivity contribution in [2.45, 2.75) is 13.0 Å². The Kier molecular flexibility index (Phi) is 4.77. The number of nitrogens with zero attached hydrogens (tertiary/aromatic N) is 2. The first-order chi connectivity index (χ1) is 13.6. The van der Waals surface area contributed by atoms with Crippen LogP contribution in [0.2, 0.25) is 0 Å². The van der Waals surface area contributed by atoms with Gasteiger partial charge in [0.25, 0.3) is 5.69 Å². The van der Waals surface area contributed by atoms with E-state index in [1.807, 2.05) is 0 Å². The number of rotatable bonds is 5. The van der Waals surface area contributed by atoms with Crippen LogP contribution in [0.25, 0.3) is 0 Å². The Morgan fingerprint density at radius 3 is 2.28 bits per heavy atom. The molecule has 1 atom stereocenters. The first kappa shape index (κ1) is 19.5. The van der Waals surface area contributed by atoms with Crippen LogP contribution in [-0.4, -0.2) is 32.8 Å². The van der Waals surface area contributed by atoms with Crippen molar-refractivity contribution in [3.8, 4) is 5.75 Å². The van der Waals surface area contributed by atoms with E-state index >= 15 is 0 Å². The van der Waals surface area contributed by atoms with Crippen LogP contribution in [0.3, 0.4) is 0 Å². The van der Waals surface area contributed by atoms with Gasteiger partial charge >= 0.3 is 5.97 Å². The summed E-state index contributed by atoms with van der Waals surface area (Å²) in [4.78, 5) is 47.2. The van der Waals surface area contributed by atoms with Gasteiger partial charge in [0.1, 0.15) is 11.3 Å². The van der Waals surface area contributed by atoms with Gasteiger partial charge in [-0.3, -0.25) is 24.6 Å². The summed E-state index contributed by atoms with van der Waals surface area (Å²) < 4.78 is 0. The number of anilines is 1. The molecule has 2 N–H and O–H groups in total. The third-order valence-corrected chi connectivity index (χ3v) is 4.48. The predicted molar refractivity (Wildman–Crippen MR) is 96.1 cm³/mol. The number of non-ortho nitro benzene ring substituents is 1. The molecule has 10 heteroatoms. The Labute approximate surface area is 163 Å². The van der Waals surface area contributed by atoms with Crippen molar-refractivity contribution >= 4 is 29.0 Å². The third kappa shape index (κ3) is 3.27. The largest absolute Gasteiger partial charge is 0.868 e. The summed E-state index contributed by atoms with van der Waals surface area (Å²) >= 11 is 0. The van der Waals surface area contributed by atoms with Gasteiger partial charge in [-0.25, -0.2) is 4.79 Å². The van der Waals surface area contributed by atoms with E-state index in [1.165, 1.54) is 18.2 Å². The molecule has 1 unspecified atom stereocenters. The number of carbonyl (C=O) groups is 3. The van der Waals surface area contributed by atoms with Crippen molar-refractivity contribution in [2.75, 3.05) is 4.90 Å². The van der Waals surface area contributed by atoms with E-state index in [4.69, 9.17) is 0 Å². The van der Waals surface area contributed by atoms with Crippen molar-refractivity contribution in [3.05, 3.63) is 75.0 Å². The van der Waals surface area contributed by atoms with Crippen LogP contribution in [0.5, 0.6) is 5.75 Å². The van der Waals surface area contributed by atoms with E-state index in [0.717, 1.165) is 36.1 Å². The highest BCUT2D eigenvalue weighted by Crippen LogP contribution is 2.41. The van der Waals surface area contributed by atoms with Crippen LogP contribution in [0.15, 0.2) is 53.8 Å². The lowest BCUT2D eigenvalue weighted by Gasteiger charge is -2.28. The molecular formula is C19H13N2O8-. The number of carboxylic acids is 1. The summed E-state index contributed by atoms with van der Waals surface area (Å²) in [5, 5.41) is 42.2. The Hall–Kier alpha value is -4.21. The molecule has 2 aromatic carbocycles. The van der Waals surface area contributed by atoms with E-state index < -0.39 is 45.7 Å². The second-order valence-corrected chi connectivity index (χ2v) is 6.23. The van der Waals surface area contributed by atoms with Crippen LogP contribution < -0.4 is 10.0 Å². The summed E-state index contributed by atoms with van der Waals surface area (Å²) in [7, 11) is 0. The first-order valence-corrected chi connectivity index (χ1v) is 8.19. The summed E-state index contributed by atoms with van der Waals surface area (Å²) in [6.07, 6.45) is 0. The highest BCUT2D eigenvalue weighted by molar-refractivity contribution is 6.16. The second kappa shape index (κ2) is 7.08. The number of ketones is 1. The number of Topliss-reactive ketones (excluding diaryl/α,β-unsaturated/α-hetero) is 1. The van der Waals surface area contributed by atoms with Gasteiger partial charge in [-0.05, 0) is 48.6 Å². The molecule has 0 radical (unpaired) electrons. The molecule has 1 amide bonds. The molecule has 2 aromatic rings. The zero-order valence-electron chi connectivity index (χ0n) is 14.9. The molecule has 0 fully saturated rings. The minimum atomic E-state index is -1.45. The maximum Gasteiger partial charge on any atom is 0.339 e. The minimum absolute atomic E-state index is 0.0295. The second-order valence-electron chi connectivity index (χ2n) is 6.23. The lowest BCUT2D eigenvalue weighted by atomic mass is 9.96. The Morgan fingerprint density at radius 2 is 1.76 bits per heavy atom. The van der Waals surface area contributed by atoms with Gasteiger partial charge < -0.3 is 15.3 Å². The molecule has 1 heterocycles. The number of aromatic carboxylic acids is 1. The fourth-order valence-corrected chi connectivity index (χ4v) is 3.15. The molecule has 0 bridgehead atoms. The average Bonchev–Trinajstić information content (AvgIpc) is 2.93. The molecule has 1 aliphatic rings. The fourth-order valence-electron chi connectivity index (χ4n) is 3.15. The smallest absolute Gasteiger partial charge is 0.339 e. The van der Waals surface area contributed by atoms with Crippen LogP contribution in [0.4, 0.5) is 11.4 Å². The summed E-state index contributed by atoms with van der Waals surface area (Å²) in [5.74, 6) is -4.76. The molecule has 29 heavy (non-hydrogen) atoms. The fraction of sp³-hybridized carbons (Fsp3) is 0.105. The molecular weight excluding hydrogens is 384 g/mol. The van der Waals surface area contributed by atoms with E-state index in [9.17, 15) is 39.8 Å². The van der Waals surface area contributed by atoms with Gasteiger partial charge in [0.15, 0.2) is 5.78 Å². The number of amides is 1. The van der Waals surface area contributed by atoms with E-state index in [0.29, 0.717) is 0 Å². The molecule has 3 rings (SSSR count). The van der Waals surface area contributed by atoms with Gasteiger partial charge in [0, 0.05) is 23.4 Å². The quantitative estimate of drug-likeness (QED) is 0.563. The molecule has 0 aliphatic carbocycles. The Balaban J connectivity index is 2.18. The molecule has 0 aromatic heterocycles. The normalized spacial score (nSPS) is 16.2. The van der Waals surface area contributed by atoms with Gasteiger partial charge in [-0.1, -0.05) is 0 Å². The Morgan fingerprint density at radius 1 is 1.14 bits per heavy atom. The van der Waals surface area contributed by atoms with E-state index in [2.05, 4.69) is 0 Å². The zero-order chi connectivity index (χ0) is 21.5. The lowest BCUT2D eigenvalue weighted by Crippen LogP contribution is -2.32. The number of phenols is 1. The van der Waals surface area contributed by atoms with Crippen molar-refractivity contribution in [3.63, 3.8) is 0 Å². The minimum Gasteiger partial charge on any atom is -0.868 e. The number of nitro groups is 1. The summed E-state index contributed by atoms with van der Waals surface area (Å²) in [6.45, 7) is 1.11. The molecule has 148 valence electrons. The van der Waals surface area contributed by atoms with Gasteiger partial charge in [-0.15, -0.1) is 0 Å². The molecule has 1 aliphatic heterocycles. The molecule has 0 saturated heterocycles. The van der Waals surface area contributed by atoms with Crippen molar-refractivity contribution in [1.82, 2.24) is 0 Å². The number of carboxylic acid groups (broad SMARTS) is 1. The maximum absolute atomic E-state index is 12.6. The van der Waals surface area contributed by atoms with Crippen molar-refractivity contribution in [1.29, 1.82) is 0 Å². The van der Waals surface area contributed by atoms with Crippen LogP contribution in [0, 0.1) is 10.1 Å². The monoisotopic (exact) mass is 397 g/mol. The van der Waals surface area contributed by atoms with Crippen molar-refractivity contribution in [2.24, 2.45) is 0 Å². The topological polar surface area (TPSA) is 161 Å². The predicted octanol–water partition coefficient (Wildman–Crippen LogP) is 1.29. The van der Waals surface area contributed by atoms with E-state index in [1.54, 1.807) is 0 Å². The van der Waals surface area contributed by atoms with Crippen LogP contribution in [0.1, 0.15) is 28.9 Å². The summed E-state index contributed by atoms with van der Waals surface area (Å²) in [6, 6.07) is 7.04. The highest BCUT2D eigenvalue weighted by Gasteiger charge is 2.39. The van der Waals surface area contributed by atoms with Gasteiger partial charge in [0.05, 0.1) is 11.0 Å². The number of hydrogen-bond donors (Lipinski definition) is 2. The van der Waals surface area contributed by atoms with Crippen LogP contribution >= 0.6 is 0 Å². The highest BCUT2D eigenvalue weighted by atomic mass is 16.6. The van der Waals surface area contributed by atoms with Gasteiger partial charge in [0.2, 0.25) is 5.91 Å². The third-order valence-electron chi connectivity index (χ3n) is 4.48.